The Labute approximate surface area is 171 Å². The molecule has 5 nitrogen and oxygen atoms in total. The molecule has 146 valence electrons. The van der Waals surface area contributed by atoms with E-state index in [2.05, 4.69) is 9.88 Å². The van der Waals surface area contributed by atoms with Gasteiger partial charge in [0.2, 0.25) is 0 Å². The highest BCUT2D eigenvalue weighted by atomic mass is 35.5. The van der Waals surface area contributed by atoms with Crippen molar-refractivity contribution >= 4 is 33.8 Å². The predicted molar refractivity (Wildman–Crippen MR) is 116 cm³/mol. The first-order valence-electron chi connectivity index (χ1n) is 8.50. The zero-order valence-electron chi connectivity index (χ0n) is 15.5. The maximum Gasteiger partial charge on any atom is 0.119 e. The Hall–Kier alpha value is -2.51. The van der Waals surface area contributed by atoms with Crippen LogP contribution in [-0.2, 0) is 4.84 Å². The van der Waals surface area contributed by atoms with E-state index >= 15 is 0 Å². The molecule has 3 N–H and O–H groups in total. The summed E-state index contributed by atoms with van der Waals surface area (Å²) in [5, 5.41) is 4.64. The van der Waals surface area contributed by atoms with Gasteiger partial charge in [-0.15, -0.1) is 0 Å². The Morgan fingerprint density at radius 1 is 1.00 bits per heavy atom. The summed E-state index contributed by atoms with van der Waals surface area (Å²) in [6, 6.07) is 21.6. The second-order valence-corrected chi connectivity index (χ2v) is 8.35. The maximum absolute atomic E-state index is 10.7. The molecule has 0 aliphatic rings. The molecule has 0 heterocycles. The summed E-state index contributed by atoms with van der Waals surface area (Å²) in [6.45, 7) is 1.94. The minimum atomic E-state index is -3.28. The van der Waals surface area contributed by atoms with Crippen LogP contribution >= 0.6 is 22.4 Å². The van der Waals surface area contributed by atoms with E-state index in [1.807, 2.05) is 49.4 Å². The minimum absolute atomic E-state index is 0.393. The Morgan fingerprint density at radius 2 is 1.68 bits per heavy atom. The summed E-state index contributed by atoms with van der Waals surface area (Å²) in [7, 11) is -1.83. The van der Waals surface area contributed by atoms with E-state index < -0.39 is 10.8 Å². The molecule has 0 saturated heterocycles. The van der Waals surface area contributed by atoms with Gasteiger partial charge >= 0.3 is 0 Å². The second-order valence-electron chi connectivity index (χ2n) is 6.14. The van der Waals surface area contributed by atoms with E-state index in [9.17, 15) is 9.11 Å². The van der Waals surface area contributed by atoms with E-state index in [4.69, 9.17) is 16.4 Å². The topological polar surface area (TPSA) is 74.1 Å². The van der Waals surface area contributed by atoms with Crippen molar-refractivity contribution in [2.45, 2.75) is 11.8 Å². The predicted octanol–water partition coefficient (Wildman–Crippen LogP) is 6.18. The largest absolute Gasteiger partial charge is 0.399 e. The molecule has 0 spiro atoms. The Kier molecular flexibility index (Phi) is 6.26. The molecule has 0 radical (unpaired) electrons. The fourth-order valence-electron chi connectivity index (χ4n) is 2.69. The fourth-order valence-corrected chi connectivity index (χ4v) is 3.98. The molecule has 0 bridgehead atoms. The molecule has 3 rings (SSSR count). The Balaban J connectivity index is 2.05. The molecule has 3 aromatic carbocycles. The number of anilines is 1. The van der Waals surface area contributed by atoms with Crippen molar-refractivity contribution in [1.29, 1.82) is 0 Å². The number of nitrogens with zero attached hydrogens (tertiary/aromatic N) is 1. The van der Waals surface area contributed by atoms with Gasteiger partial charge in [-0.05, 0) is 37.3 Å². The number of aryl methyl sites for hydroxylation is 1. The second kappa shape index (κ2) is 8.67. The van der Waals surface area contributed by atoms with Crippen molar-refractivity contribution in [3.63, 3.8) is 0 Å². The van der Waals surface area contributed by atoms with Crippen LogP contribution in [0.1, 0.15) is 16.7 Å². The molecule has 0 amide bonds. The normalized spacial score (nSPS) is 12.5. The summed E-state index contributed by atoms with van der Waals surface area (Å²) < 4.78 is 24.3. The summed E-state index contributed by atoms with van der Waals surface area (Å²) >= 11 is 6.21. The highest BCUT2D eigenvalue weighted by molar-refractivity contribution is 8.25. The lowest BCUT2D eigenvalue weighted by atomic mass is 10.0. The lowest BCUT2D eigenvalue weighted by molar-refractivity contribution is 0.214. The number of hydrogen-bond donors (Lipinski definition) is 3. The van der Waals surface area contributed by atoms with Gasteiger partial charge in [-0.1, -0.05) is 75.6 Å². The molecule has 0 unspecified atom stereocenters. The third-order valence-electron chi connectivity index (χ3n) is 4.07. The summed E-state index contributed by atoms with van der Waals surface area (Å²) in [4.78, 5) is 5.43. The molecule has 0 aliphatic carbocycles. The third kappa shape index (κ3) is 4.66. The SMILES string of the molecule is CO/N=C(\c1ccccc1)c1cc(Cl)ccc1NS(O)(O)c1ccc(C)cc1. The van der Waals surface area contributed by atoms with Crippen LogP contribution in [0.3, 0.4) is 0 Å². The van der Waals surface area contributed by atoms with Crippen molar-refractivity contribution in [2.24, 2.45) is 5.16 Å². The number of benzene rings is 3. The van der Waals surface area contributed by atoms with Crippen molar-refractivity contribution in [1.82, 2.24) is 0 Å². The van der Waals surface area contributed by atoms with Crippen LogP contribution in [-0.4, -0.2) is 21.9 Å². The van der Waals surface area contributed by atoms with E-state index in [1.165, 1.54) is 7.11 Å². The first-order valence-corrected chi connectivity index (χ1v) is 10.4. The lowest BCUT2D eigenvalue weighted by Gasteiger charge is -2.34. The standard InChI is InChI=1S/C21H21ClN2O3S/c1-15-8-11-18(12-9-15)28(25,26)24-20-13-10-17(22)14-19(20)21(23-27-2)16-6-4-3-5-7-16/h3-14,24-26H,1-2H3/b23-21+. The van der Waals surface area contributed by atoms with Gasteiger partial charge in [0.15, 0.2) is 0 Å². The average molecular weight is 417 g/mol. The van der Waals surface area contributed by atoms with Crippen LogP contribution < -0.4 is 4.72 Å². The van der Waals surface area contributed by atoms with E-state index in [0.717, 1.165) is 11.1 Å². The van der Waals surface area contributed by atoms with E-state index in [1.54, 1.807) is 30.3 Å². The molecule has 28 heavy (non-hydrogen) atoms. The summed E-state index contributed by atoms with van der Waals surface area (Å²) in [5.74, 6) is 0. The van der Waals surface area contributed by atoms with E-state index in [-0.39, 0.29) is 0 Å². The van der Waals surface area contributed by atoms with Gasteiger partial charge < -0.3 is 4.84 Å². The Morgan fingerprint density at radius 3 is 2.32 bits per heavy atom. The smallest absolute Gasteiger partial charge is 0.119 e. The highest BCUT2D eigenvalue weighted by Crippen LogP contribution is 2.48. The van der Waals surface area contributed by atoms with Gasteiger partial charge in [0, 0.05) is 16.1 Å². The van der Waals surface area contributed by atoms with Crippen LogP contribution in [0.4, 0.5) is 5.69 Å². The number of nitrogens with one attached hydrogen (secondary N) is 1. The summed E-state index contributed by atoms with van der Waals surface area (Å²) in [6.07, 6.45) is 0. The zero-order chi connectivity index (χ0) is 20.1. The number of oxime groups is 1. The first-order chi connectivity index (χ1) is 13.4. The number of halogens is 1. The molecule has 3 aromatic rings. The van der Waals surface area contributed by atoms with Crippen LogP contribution in [0.25, 0.3) is 0 Å². The Bertz CT molecular complexity index is 977. The molecule has 7 heteroatoms. The zero-order valence-corrected chi connectivity index (χ0v) is 17.0. The molecule has 0 fully saturated rings. The van der Waals surface area contributed by atoms with Gasteiger partial charge in [0.05, 0.1) is 10.6 Å². The van der Waals surface area contributed by atoms with Crippen LogP contribution in [0.2, 0.25) is 5.02 Å². The van der Waals surface area contributed by atoms with Crippen molar-refractivity contribution in [3.05, 3.63) is 94.5 Å². The molecule has 0 aliphatic heterocycles. The van der Waals surface area contributed by atoms with Gasteiger partial charge in [0.1, 0.15) is 12.8 Å². The summed E-state index contributed by atoms with van der Waals surface area (Å²) in [5.41, 5.74) is 3.43. The monoisotopic (exact) mass is 416 g/mol. The molecular weight excluding hydrogens is 396 g/mol. The molecule has 0 aromatic heterocycles. The third-order valence-corrected chi connectivity index (χ3v) is 5.74. The van der Waals surface area contributed by atoms with E-state index in [0.29, 0.717) is 26.9 Å². The van der Waals surface area contributed by atoms with Crippen LogP contribution in [0.15, 0.2) is 82.8 Å². The quantitative estimate of drug-likeness (QED) is 0.331. The fraction of sp³-hybridized carbons (Fsp3) is 0.0952. The van der Waals surface area contributed by atoms with Crippen molar-refractivity contribution < 1.29 is 13.9 Å². The molecule has 0 saturated carbocycles. The van der Waals surface area contributed by atoms with Crippen LogP contribution in [0, 0.1) is 6.92 Å². The number of rotatable bonds is 6. The molecular formula is C21H21ClN2O3S. The van der Waals surface area contributed by atoms with Gasteiger partial charge in [-0.2, -0.15) is 0 Å². The average Bonchev–Trinajstić information content (AvgIpc) is 2.68. The van der Waals surface area contributed by atoms with Gasteiger partial charge in [-0.3, -0.25) is 13.8 Å². The number of hydrogen-bond acceptors (Lipinski definition) is 5. The maximum atomic E-state index is 10.7. The molecule has 0 atom stereocenters. The van der Waals surface area contributed by atoms with Gasteiger partial charge in [-0.25, -0.2) is 0 Å². The lowest BCUT2D eigenvalue weighted by Crippen LogP contribution is -2.14. The van der Waals surface area contributed by atoms with Crippen LogP contribution in [0.5, 0.6) is 0 Å². The van der Waals surface area contributed by atoms with Crippen molar-refractivity contribution in [2.75, 3.05) is 11.8 Å². The highest BCUT2D eigenvalue weighted by Gasteiger charge is 2.20. The van der Waals surface area contributed by atoms with Gasteiger partial charge in [0.25, 0.3) is 0 Å². The first kappa shape index (κ1) is 20.2. The van der Waals surface area contributed by atoms with Crippen molar-refractivity contribution in [3.8, 4) is 0 Å². The minimum Gasteiger partial charge on any atom is -0.399 e.